The predicted octanol–water partition coefficient (Wildman–Crippen LogP) is 4.46. The van der Waals surface area contributed by atoms with Gasteiger partial charge in [-0.25, -0.2) is 9.78 Å². The van der Waals surface area contributed by atoms with Crippen molar-refractivity contribution in [1.82, 2.24) is 15.2 Å². The summed E-state index contributed by atoms with van der Waals surface area (Å²) in [6.45, 7) is 5.99. The minimum absolute atomic E-state index is 0.0577. The summed E-state index contributed by atoms with van der Waals surface area (Å²) in [6, 6.07) is 7.07. The van der Waals surface area contributed by atoms with Gasteiger partial charge in [0.25, 0.3) is 5.91 Å². The van der Waals surface area contributed by atoms with Crippen molar-refractivity contribution < 1.29 is 14.4 Å². The van der Waals surface area contributed by atoms with E-state index < -0.39 is 17.5 Å². The fourth-order valence-electron chi connectivity index (χ4n) is 5.23. The maximum atomic E-state index is 13.2. The molecular formula is C23H27ClN4O3S. The number of rotatable bonds is 5. The third kappa shape index (κ3) is 4.66. The van der Waals surface area contributed by atoms with Crippen molar-refractivity contribution in [3.8, 4) is 0 Å². The van der Waals surface area contributed by atoms with E-state index in [-0.39, 0.29) is 17.9 Å². The van der Waals surface area contributed by atoms with Crippen LogP contribution in [0.15, 0.2) is 30.5 Å². The Balaban J connectivity index is 1.39. The molecule has 1 spiro atoms. The number of urea groups is 1. The predicted molar refractivity (Wildman–Crippen MR) is 125 cm³/mol. The van der Waals surface area contributed by atoms with Crippen LogP contribution < -0.4 is 10.6 Å². The summed E-state index contributed by atoms with van der Waals surface area (Å²) in [5, 5.41) is 6.70. The summed E-state index contributed by atoms with van der Waals surface area (Å²) in [5.74, 6) is -0.452. The number of nitrogens with one attached hydrogen (secondary N) is 2. The summed E-state index contributed by atoms with van der Waals surface area (Å²) in [4.78, 5) is 44.6. The second-order valence-corrected chi connectivity index (χ2v) is 11.2. The van der Waals surface area contributed by atoms with Crippen LogP contribution in [-0.4, -0.2) is 39.8 Å². The molecule has 4 amide bonds. The molecule has 2 aromatic rings. The number of halogens is 1. The first-order valence-electron chi connectivity index (χ1n) is 10.7. The van der Waals surface area contributed by atoms with Crippen LogP contribution in [0.3, 0.4) is 0 Å². The first kappa shape index (κ1) is 22.7. The average Bonchev–Trinajstić information content (AvgIpc) is 3.19. The first-order chi connectivity index (χ1) is 15.1. The molecule has 1 aromatic carbocycles. The summed E-state index contributed by atoms with van der Waals surface area (Å²) < 4.78 is 0. The number of imide groups is 1. The molecule has 2 N–H and O–H groups in total. The number of nitrogens with zero attached hydrogens (tertiary/aromatic N) is 2. The molecule has 2 heterocycles. The van der Waals surface area contributed by atoms with Crippen molar-refractivity contribution in [2.75, 3.05) is 11.9 Å². The van der Waals surface area contributed by atoms with Gasteiger partial charge in [0.05, 0.1) is 0 Å². The quantitative estimate of drug-likeness (QED) is 0.626. The standard InChI is InChI=1S/C23H27ClN4O3S/c1-14-9-22(2,3)13-23(10-14)19(30)28(21(31)27-23)12-18(29)26-20-25-11-16(32-20)8-15-6-4-5-7-17(15)24/h4-7,11,14H,8-10,12-13H2,1-3H3,(H,27,31)(H,25,26,29). The largest absolute Gasteiger partial charge is 0.325 e. The van der Waals surface area contributed by atoms with E-state index in [1.807, 2.05) is 24.3 Å². The molecule has 7 nitrogen and oxygen atoms in total. The molecule has 1 saturated carbocycles. The van der Waals surface area contributed by atoms with E-state index in [9.17, 15) is 14.4 Å². The first-order valence-corrected chi connectivity index (χ1v) is 11.9. The summed E-state index contributed by atoms with van der Waals surface area (Å²) in [6.07, 6.45) is 4.47. The van der Waals surface area contributed by atoms with Gasteiger partial charge in [-0.3, -0.25) is 14.5 Å². The average molecular weight is 475 g/mol. The number of hydrogen-bond acceptors (Lipinski definition) is 5. The molecule has 1 aromatic heterocycles. The second kappa shape index (κ2) is 8.48. The molecular weight excluding hydrogens is 448 g/mol. The lowest BCUT2D eigenvalue weighted by atomic mass is 9.64. The molecule has 4 rings (SSSR count). The van der Waals surface area contributed by atoms with E-state index in [1.165, 1.54) is 11.3 Å². The van der Waals surface area contributed by atoms with Crippen LogP contribution in [0.2, 0.25) is 5.02 Å². The van der Waals surface area contributed by atoms with Crippen molar-refractivity contribution in [3.05, 3.63) is 45.9 Å². The lowest BCUT2D eigenvalue weighted by Crippen LogP contribution is -2.54. The van der Waals surface area contributed by atoms with E-state index in [4.69, 9.17) is 11.6 Å². The Morgan fingerprint density at radius 2 is 2.06 bits per heavy atom. The number of anilines is 1. The van der Waals surface area contributed by atoms with Crippen LogP contribution in [0.4, 0.5) is 9.93 Å². The lowest BCUT2D eigenvalue weighted by molar-refractivity contribution is -0.136. The number of thiazole rings is 1. The van der Waals surface area contributed by atoms with E-state index in [2.05, 4.69) is 36.4 Å². The highest BCUT2D eigenvalue weighted by atomic mass is 35.5. The molecule has 2 atom stereocenters. The molecule has 1 aliphatic heterocycles. The Labute approximate surface area is 196 Å². The zero-order valence-electron chi connectivity index (χ0n) is 18.4. The molecule has 170 valence electrons. The fourth-order valence-corrected chi connectivity index (χ4v) is 6.28. The van der Waals surface area contributed by atoms with Crippen LogP contribution in [-0.2, 0) is 16.0 Å². The number of carbonyl (C=O) groups excluding carboxylic acids is 3. The van der Waals surface area contributed by atoms with Gasteiger partial charge in [0.1, 0.15) is 12.1 Å². The monoisotopic (exact) mass is 474 g/mol. The number of carbonyl (C=O) groups is 3. The smallest absolute Gasteiger partial charge is 0.323 e. The molecule has 1 aliphatic carbocycles. The van der Waals surface area contributed by atoms with Crippen molar-refractivity contribution in [1.29, 1.82) is 0 Å². The number of amides is 4. The Kier molecular flexibility index (Phi) is 6.02. The van der Waals surface area contributed by atoms with Gasteiger partial charge in [-0.05, 0) is 42.2 Å². The Bertz CT molecular complexity index is 1070. The molecule has 1 saturated heterocycles. The zero-order valence-corrected chi connectivity index (χ0v) is 20.0. The number of benzene rings is 1. The topological polar surface area (TPSA) is 91.4 Å². The Hall–Kier alpha value is -2.45. The molecule has 9 heteroatoms. The van der Waals surface area contributed by atoms with Crippen LogP contribution >= 0.6 is 22.9 Å². The van der Waals surface area contributed by atoms with Crippen molar-refractivity contribution >= 4 is 45.9 Å². The molecule has 2 unspecified atom stereocenters. The van der Waals surface area contributed by atoms with Gasteiger partial charge in [-0.2, -0.15) is 0 Å². The van der Waals surface area contributed by atoms with E-state index in [0.717, 1.165) is 21.8 Å². The molecule has 2 fully saturated rings. The van der Waals surface area contributed by atoms with Crippen LogP contribution in [0.5, 0.6) is 0 Å². The van der Waals surface area contributed by atoms with Gasteiger partial charge in [-0.15, -0.1) is 11.3 Å². The van der Waals surface area contributed by atoms with Crippen molar-refractivity contribution in [2.45, 2.75) is 52.0 Å². The van der Waals surface area contributed by atoms with Gasteiger partial charge in [0.15, 0.2) is 5.13 Å². The van der Waals surface area contributed by atoms with E-state index in [1.54, 1.807) is 6.20 Å². The highest BCUT2D eigenvalue weighted by molar-refractivity contribution is 7.15. The van der Waals surface area contributed by atoms with Crippen LogP contribution in [0, 0.1) is 11.3 Å². The highest BCUT2D eigenvalue weighted by Gasteiger charge is 2.56. The number of aromatic nitrogens is 1. The minimum Gasteiger partial charge on any atom is -0.323 e. The normalized spacial score (nSPS) is 24.6. The molecule has 0 bridgehead atoms. The van der Waals surface area contributed by atoms with Gasteiger partial charge < -0.3 is 10.6 Å². The highest BCUT2D eigenvalue weighted by Crippen LogP contribution is 2.46. The summed E-state index contributed by atoms with van der Waals surface area (Å²) >= 11 is 7.56. The summed E-state index contributed by atoms with van der Waals surface area (Å²) in [7, 11) is 0. The van der Waals surface area contributed by atoms with E-state index >= 15 is 0 Å². The second-order valence-electron chi connectivity index (χ2n) is 9.71. The van der Waals surface area contributed by atoms with Gasteiger partial charge in [-0.1, -0.05) is 50.6 Å². The molecule has 0 radical (unpaired) electrons. The third-order valence-corrected chi connectivity index (χ3v) is 7.33. The van der Waals surface area contributed by atoms with E-state index in [0.29, 0.717) is 35.3 Å². The van der Waals surface area contributed by atoms with Gasteiger partial charge >= 0.3 is 6.03 Å². The van der Waals surface area contributed by atoms with Gasteiger partial charge in [0, 0.05) is 22.5 Å². The maximum absolute atomic E-state index is 13.2. The maximum Gasteiger partial charge on any atom is 0.325 e. The third-order valence-electron chi connectivity index (χ3n) is 6.05. The van der Waals surface area contributed by atoms with Crippen molar-refractivity contribution in [3.63, 3.8) is 0 Å². The summed E-state index contributed by atoms with van der Waals surface area (Å²) in [5.41, 5.74) is 0.00424. The zero-order chi connectivity index (χ0) is 23.1. The SMILES string of the molecule is CC1CC(C)(C)CC2(C1)NC(=O)N(CC(=O)Nc1ncc(Cc3ccccc3Cl)s1)C2=O. The lowest BCUT2D eigenvalue weighted by Gasteiger charge is -2.43. The van der Waals surface area contributed by atoms with Gasteiger partial charge in [0.2, 0.25) is 5.91 Å². The number of hydrogen-bond donors (Lipinski definition) is 2. The Morgan fingerprint density at radius 1 is 1.31 bits per heavy atom. The van der Waals surface area contributed by atoms with Crippen molar-refractivity contribution in [2.24, 2.45) is 11.3 Å². The molecule has 2 aliphatic rings. The van der Waals surface area contributed by atoms with Crippen LogP contribution in [0.1, 0.15) is 50.5 Å². The fraction of sp³-hybridized carbons (Fsp3) is 0.478. The minimum atomic E-state index is -0.915. The Morgan fingerprint density at radius 3 is 2.78 bits per heavy atom. The molecule has 32 heavy (non-hydrogen) atoms. The van der Waals surface area contributed by atoms with Crippen LogP contribution in [0.25, 0.3) is 0 Å².